The zero-order valence-corrected chi connectivity index (χ0v) is 15.1. The van der Waals surface area contributed by atoms with E-state index in [1.54, 1.807) is 6.92 Å². The van der Waals surface area contributed by atoms with Gasteiger partial charge in [0.25, 0.3) is 0 Å². The lowest BCUT2D eigenvalue weighted by molar-refractivity contribution is -0.153. The van der Waals surface area contributed by atoms with Crippen LogP contribution in [0.5, 0.6) is 5.75 Å². The molecule has 0 saturated heterocycles. The Kier molecular flexibility index (Phi) is 6.47. The molecule has 1 amide bonds. The number of nitrogens with one attached hydrogen (secondary N) is 1. The summed E-state index contributed by atoms with van der Waals surface area (Å²) in [7, 11) is -3.59. The summed E-state index contributed by atoms with van der Waals surface area (Å²) in [6.07, 6.45) is -4.71. The van der Waals surface area contributed by atoms with Crippen LogP contribution in [0.15, 0.2) is 34.9 Å². The normalized spacial score (nSPS) is 12.0. The Bertz CT molecular complexity index is 876. The van der Waals surface area contributed by atoms with E-state index in [0.29, 0.717) is 11.3 Å². The van der Waals surface area contributed by atoms with Crippen LogP contribution in [0.25, 0.3) is 0 Å². The molecule has 0 fully saturated rings. The number of sulfone groups is 1. The third-order valence-electron chi connectivity index (χ3n) is 3.25. The number of carbonyl (C=O) groups is 1. The Morgan fingerprint density at radius 3 is 2.48 bits per heavy atom. The summed E-state index contributed by atoms with van der Waals surface area (Å²) in [5.41, 5.74) is 0.377. The lowest BCUT2D eigenvalue weighted by Gasteiger charge is -2.10. The number of benzene rings is 1. The number of halogens is 3. The molecule has 0 aliphatic rings. The molecule has 2 rings (SSSR count). The van der Waals surface area contributed by atoms with Gasteiger partial charge in [0.2, 0.25) is 5.91 Å². The molecular formula is C16H17F3N2O5S. The van der Waals surface area contributed by atoms with Crippen LogP contribution in [0.4, 0.5) is 19.0 Å². The Morgan fingerprint density at radius 1 is 1.26 bits per heavy atom. The predicted octanol–water partition coefficient (Wildman–Crippen LogP) is 2.87. The highest BCUT2D eigenvalue weighted by Crippen LogP contribution is 2.19. The molecule has 7 nitrogen and oxygen atoms in total. The summed E-state index contributed by atoms with van der Waals surface area (Å²) in [6, 6.07) is 6.74. The van der Waals surface area contributed by atoms with Crippen molar-refractivity contribution in [2.45, 2.75) is 25.3 Å². The van der Waals surface area contributed by atoms with E-state index in [1.165, 1.54) is 30.3 Å². The second-order valence-electron chi connectivity index (χ2n) is 5.76. The third-order valence-corrected chi connectivity index (χ3v) is 4.85. The van der Waals surface area contributed by atoms with Gasteiger partial charge in [-0.15, -0.1) is 0 Å². The molecule has 1 aromatic carbocycles. The van der Waals surface area contributed by atoms with E-state index in [4.69, 9.17) is 4.52 Å². The van der Waals surface area contributed by atoms with E-state index < -0.39 is 28.5 Å². The van der Waals surface area contributed by atoms with Crippen LogP contribution in [-0.4, -0.2) is 38.0 Å². The molecule has 1 N–H and O–H groups in total. The molecule has 0 atom stereocenters. The summed E-state index contributed by atoms with van der Waals surface area (Å²) in [4.78, 5) is 11.8. The number of hydrogen-bond donors (Lipinski definition) is 1. The van der Waals surface area contributed by atoms with Gasteiger partial charge in [0, 0.05) is 12.5 Å². The molecule has 0 saturated carbocycles. The number of aromatic nitrogens is 1. The zero-order chi connectivity index (χ0) is 20.1. The van der Waals surface area contributed by atoms with E-state index in [9.17, 15) is 26.4 Å². The number of rotatable bonds is 8. The topological polar surface area (TPSA) is 98.5 Å². The van der Waals surface area contributed by atoms with Crippen molar-refractivity contribution in [3.8, 4) is 5.75 Å². The van der Waals surface area contributed by atoms with Crippen molar-refractivity contribution in [2.24, 2.45) is 0 Å². The van der Waals surface area contributed by atoms with Gasteiger partial charge in [-0.25, -0.2) is 8.42 Å². The molecule has 1 aromatic heterocycles. The Morgan fingerprint density at radius 2 is 1.93 bits per heavy atom. The first kappa shape index (κ1) is 20.7. The molecule has 27 heavy (non-hydrogen) atoms. The van der Waals surface area contributed by atoms with Gasteiger partial charge in [-0.1, -0.05) is 17.3 Å². The first-order valence-corrected chi connectivity index (χ1v) is 9.57. The molecule has 0 aliphatic heterocycles. The van der Waals surface area contributed by atoms with Crippen LogP contribution in [0, 0.1) is 6.92 Å². The van der Waals surface area contributed by atoms with E-state index in [1.807, 2.05) is 0 Å². The number of hydrogen-bond acceptors (Lipinski definition) is 6. The lowest BCUT2D eigenvalue weighted by Crippen LogP contribution is -2.19. The first-order chi connectivity index (χ1) is 12.5. The fraction of sp³-hybridized carbons (Fsp3) is 0.375. The summed E-state index contributed by atoms with van der Waals surface area (Å²) < 4.78 is 69.8. The van der Waals surface area contributed by atoms with Crippen molar-refractivity contribution in [3.05, 3.63) is 41.7 Å². The van der Waals surface area contributed by atoms with Gasteiger partial charge >= 0.3 is 6.18 Å². The van der Waals surface area contributed by atoms with Crippen LogP contribution in [0.3, 0.4) is 0 Å². The highest BCUT2D eigenvalue weighted by atomic mass is 32.2. The largest absolute Gasteiger partial charge is 0.484 e. The highest BCUT2D eigenvalue weighted by Gasteiger charge is 2.28. The maximum Gasteiger partial charge on any atom is 0.422 e. The maximum atomic E-state index is 12.1. The summed E-state index contributed by atoms with van der Waals surface area (Å²) >= 11 is 0. The van der Waals surface area contributed by atoms with E-state index in [-0.39, 0.29) is 29.5 Å². The minimum absolute atomic E-state index is 0.0178. The monoisotopic (exact) mass is 406 g/mol. The lowest BCUT2D eigenvalue weighted by atomic mass is 10.2. The van der Waals surface area contributed by atoms with Crippen molar-refractivity contribution < 1.29 is 35.6 Å². The van der Waals surface area contributed by atoms with Gasteiger partial charge in [-0.3, -0.25) is 4.79 Å². The molecular weight excluding hydrogens is 389 g/mol. The minimum atomic E-state index is -4.45. The van der Waals surface area contributed by atoms with Crippen molar-refractivity contribution in [2.75, 3.05) is 17.7 Å². The second kappa shape index (κ2) is 8.42. The van der Waals surface area contributed by atoms with Crippen molar-refractivity contribution in [1.29, 1.82) is 0 Å². The minimum Gasteiger partial charge on any atom is -0.484 e. The molecule has 148 valence electrons. The molecule has 0 bridgehead atoms. The first-order valence-electron chi connectivity index (χ1n) is 7.74. The number of anilines is 1. The molecule has 11 heteroatoms. The van der Waals surface area contributed by atoms with Crippen LogP contribution < -0.4 is 10.1 Å². The average Bonchev–Trinajstić information content (AvgIpc) is 2.96. The maximum absolute atomic E-state index is 12.1. The third kappa shape index (κ3) is 7.69. The fourth-order valence-electron chi connectivity index (χ4n) is 2.05. The van der Waals surface area contributed by atoms with Crippen LogP contribution >= 0.6 is 0 Å². The van der Waals surface area contributed by atoms with Gasteiger partial charge in [0.05, 0.1) is 11.5 Å². The second-order valence-corrected chi connectivity index (χ2v) is 7.94. The summed E-state index contributed by atoms with van der Waals surface area (Å²) in [5.74, 6) is -0.575. The molecule has 0 radical (unpaired) electrons. The van der Waals surface area contributed by atoms with Gasteiger partial charge in [-0.2, -0.15) is 13.2 Å². The quantitative estimate of drug-likeness (QED) is 0.724. The van der Waals surface area contributed by atoms with Crippen molar-refractivity contribution >= 4 is 21.6 Å². The molecule has 1 heterocycles. The number of nitrogens with zero attached hydrogens (tertiary/aromatic N) is 1. The smallest absolute Gasteiger partial charge is 0.422 e. The zero-order valence-electron chi connectivity index (χ0n) is 14.2. The van der Waals surface area contributed by atoms with E-state index >= 15 is 0 Å². The molecule has 2 aromatic rings. The predicted molar refractivity (Wildman–Crippen MR) is 90.0 cm³/mol. The Hall–Kier alpha value is -2.56. The Balaban J connectivity index is 1.83. The van der Waals surface area contributed by atoms with Crippen molar-refractivity contribution in [1.82, 2.24) is 5.16 Å². The van der Waals surface area contributed by atoms with Crippen molar-refractivity contribution in [3.63, 3.8) is 0 Å². The number of aryl methyl sites for hydroxylation is 1. The van der Waals surface area contributed by atoms with E-state index in [2.05, 4.69) is 15.2 Å². The molecule has 0 unspecified atom stereocenters. The fourth-order valence-corrected chi connectivity index (χ4v) is 3.39. The van der Waals surface area contributed by atoms with Gasteiger partial charge in [-0.05, 0) is 24.6 Å². The highest BCUT2D eigenvalue weighted by molar-refractivity contribution is 7.90. The standard InChI is InChI=1S/C16H17F3N2O5S/c1-11-8-14(21-26-11)20-15(22)6-7-27(23,24)9-12-2-4-13(5-3-12)25-10-16(17,18)19/h2-5,8H,6-7,9-10H2,1H3,(H,20,21,22). The van der Waals surface area contributed by atoms with Crippen LogP contribution in [-0.2, 0) is 20.4 Å². The molecule has 0 aliphatic carbocycles. The summed E-state index contributed by atoms with van der Waals surface area (Å²) in [6.45, 7) is 0.220. The van der Waals surface area contributed by atoms with Gasteiger partial charge < -0.3 is 14.6 Å². The van der Waals surface area contributed by atoms with Gasteiger partial charge in [0.1, 0.15) is 11.5 Å². The number of carbonyl (C=O) groups excluding carboxylic acids is 1. The Labute approximate surface area is 153 Å². The number of ether oxygens (including phenoxy) is 1. The molecule has 0 spiro atoms. The summed E-state index contributed by atoms with van der Waals surface area (Å²) in [5, 5.41) is 5.98. The van der Waals surface area contributed by atoms with Crippen LogP contribution in [0.2, 0.25) is 0 Å². The number of amides is 1. The van der Waals surface area contributed by atoms with Gasteiger partial charge in [0.15, 0.2) is 22.3 Å². The SMILES string of the molecule is Cc1cc(NC(=O)CCS(=O)(=O)Cc2ccc(OCC(F)(F)F)cc2)no1. The number of alkyl halides is 3. The van der Waals surface area contributed by atoms with Crippen LogP contribution in [0.1, 0.15) is 17.7 Å². The van der Waals surface area contributed by atoms with E-state index in [0.717, 1.165) is 0 Å². The average molecular weight is 406 g/mol.